The molecule has 5 rings (SSSR count). The molecule has 3 aliphatic heterocycles. The maximum Gasteiger partial charge on any atom is 0.184 e. The van der Waals surface area contributed by atoms with Crippen LogP contribution in [-0.2, 0) is 4.43 Å². The van der Waals surface area contributed by atoms with Gasteiger partial charge in [0, 0.05) is 24.2 Å². The largest absolute Gasteiger partial charge is 0.497 e. The number of ether oxygens (including phenoxy) is 1. The Morgan fingerprint density at radius 3 is 2.75 bits per heavy atom. The molecule has 4 heterocycles. The van der Waals surface area contributed by atoms with Gasteiger partial charge < -0.3 is 9.16 Å². The third kappa shape index (κ3) is 3.75. The summed E-state index contributed by atoms with van der Waals surface area (Å²) in [6, 6.07) is 8.71. The zero-order valence-corrected chi connectivity index (χ0v) is 18.5. The van der Waals surface area contributed by atoms with Crippen LogP contribution in [0.1, 0.15) is 24.5 Å². The molecule has 2 bridgehead atoms. The minimum atomic E-state index is -1.75. The van der Waals surface area contributed by atoms with Crippen LogP contribution < -0.4 is 4.74 Å². The van der Waals surface area contributed by atoms with Gasteiger partial charge in [-0.05, 0) is 80.7 Å². The number of methoxy groups -OCH3 is 1. The predicted octanol–water partition coefficient (Wildman–Crippen LogP) is 5.03. The van der Waals surface area contributed by atoms with Crippen LogP contribution in [0.15, 0.2) is 43.1 Å². The van der Waals surface area contributed by atoms with Crippen molar-refractivity contribution in [3.63, 3.8) is 0 Å². The number of hydrogen-bond acceptors (Lipinski definition) is 4. The maximum absolute atomic E-state index is 6.87. The van der Waals surface area contributed by atoms with Crippen molar-refractivity contribution in [1.29, 1.82) is 0 Å². The molecule has 3 aliphatic rings. The van der Waals surface area contributed by atoms with Gasteiger partial charge in [-0.1, -0.05) is 6.08 Å². The fourth-order valence-electron chi connectivity index (χ4n) is 4.94. The summed E-state index contributed by atoms with van der Waals surface area (Å²) in [7, 11) is -0.0309. The third-order valence-electron chi connectivity index (χ3n) is 6.27. The summed E-state index contributed by atoms with van der Waals surface area (Å²) in [5.74, 6) is 2.21. The van der Waals surface area contributed by atoms with Crippen LogP contribution in [0.3, 0.4) is 0 Å². The van der Waals surface area contributed by atoms with E-state index < -0.39 is 8.32 Å². The monoisotopic (exact) mass is 396 g/mol. The minimum absolute atomic E-state index is 0.0674. The van der Waals surface area contributed by atoms with Gasteiger partial charge in [0.25, 0.3) is 0 Å². The molecule has 2 aromatic rings. The highest BCUT2D eigenvalue weighted by molar-refractivity contribution is 6.69. The molecule has 0 amide bonds. The first-order chi connectivity index (χ1) is 13.4. The first-order valence-corrected chi connectivity index (χ1v) is 13.8. The molecular formula is C23H32N2O2Si. The van der Waals surface area contributed by atoms with Crippen molar-refractivity contribution in [3.8, 4) is 5.75 Å². The van der Waals surface area contributed by atoms with E-state index in [0.29, 0.717) is 12.0 Å². The van der Waals surface area contributed by atoms with Crippen molar-refractivity contribution in [2.75, 3.05) is 20.2 Å². The van der Waals surface area contributed by atoms with E-state index >= 15 is 0 Å². The van der Waals surface area contributed by atoms with E-state index in [0.717, 1.165) is 35.7 Å². The highest BCUT2D eigenvalue weighted by atomic mass is 28.4. The Morgan fingerprint density at radius 2 is 2.11 bits per heavy atom. The number of hydrogen-bond donors (Lipinski definition) is 0. The Balaban J connectivity index is 1.78. The molecule has 0 radical (unpaired) electrons. The maximum atomic E-state index is 6.87. The van der Waals surface area contributed by atoms with Crippen LogP contribution in [-0.4, -0.2) is 44.4 Å². The number of aromatic nitrogens is 1. The summed E-state index contributed by atoms with van der Waals surface area (Å²) in [5, 5.41) is 1.15. The third-order valence-corrected chi connectivity index (χ3v) is 7.23. The predicted molar refractivity (Wildman–Crippen MR) is 117 cm³/mol. The van der Waals surface area contributed by atoms with Crippen molar-refractivity contribution in [3.05, 3.63) is 48.7 Å². The number of fused-ring (bicyclic) bond motifs is 4. The second-order valence-electron chi connectivity index (χ2n) is 9.18. The van der Waals surface area contributed by atoms with Crippen LogP contribution in [0.2, 0.25) is 19.6 Å². The first kappa shape index (κ1) is 19.6. The number of piperidine rings is 3. The quantitative estimate of drug-likeness (QED) is 0.506. The zero-order chi connectivity index (χ0) is 19.9. The van der Waals surface area contributed by atoms with Gasteiger partial charge >= 0.3 is 0 Å². The van der Waals surface area contributed by atoms with Gasteiger partial charge in [-0.25, -0.2) is 0 Å². The van der Waals surface area contributed by atoms with Crippen LogP contribution in [0.4, 0.5) is 0 Å². The molecular weight excluding hydrogens is 364 g/mol. The van der Waals surface area contributed by atoms with Crippen LogP contribution in [0.25, 0.3) is 10.9 Å². The lowest BCUT2D eigenvalue weighted by molar-refractivity contribution is -0.0382. The Hall–Kier alpha value is -1.69. The summed E-state index contributed by atoms with van der Waals surface area (Å²) in [6.07, 6.45) is 6.61. The molecule has 3 saturated heterocycles. The van der Waals surface area contributed by atoms with Crippen molar-refractivity contribution in [2.45, 2.75) is 44.6 Å². The average molecular weight is 397 g/mol. The lowest BCUT2D eigenvalue weighted by Gasteiger charge is -2.52. The standard InChI is InChI=1S/C23H32N2O2Si/c1-6-16-15-25-12-10-17(16)13-22(25)23(27-28(3,4)5)19-9-11-24-21-8-7-18(26-2)14-20(19)21/h6-9,11,14,16-17,22-23H,1,10,12-13,15H2,2-5H3/t16?,17?,22?,23-/m1/s1. The summed E-state index contributed by atoms with van der Waals surface area (Å²) in [4.78, 5) is 7.23. The van der Waals surface area contributed by atoms with Crippen LogP contribution >= 0.6 is 0 Å². The fourth-order valence-corrected chi connectivity index (χ4v) is 5.99. The molecule has 0 saturated carbocycles. The number of benzene rings is 1. The molecule has 4 unspecified atom stereocenters. The smallest absolute Gasteiger partial charge is 0.184 e. The van der Waals surface area contributed by atoms with Gasteiger partial charge in [-0.3, -0.25) is 9.88 Å². The molecule has 5 atom stereocenters. The molecule has 4 nitrogen and oxygen atoms in total. The SMILES string of the molecule is C=CC1CN2CCC1CC2[C@H](O[Si](C)(C)C)c1ccnc2ccc(OC)cc12. The molecule has 0 spiro atoms. The van der Waals surface area contributed by atoms with Crippen LogP contribution in [0.5, 0.6) is 5.75 Å². The van der Waals surface area contributed by atoms with Gasteiger partial charge in [-0.15, -0.1) is 6.58 Å². The van der Waals surface area contributed by atoms with Crippen molar-refractivity contribution >= 4 is 19.2 Å². The molecule has 0 aliphatic carbocycles. The van der Waals surface area contributed by atoms with E-state index in [-0.39, 0.29) is 6.10 Å². The lowest BCUT2D eigenvalue weighted by Crippen LogP contribution is -2.56. The molecule has 1 aromatic heterocycles. The lowest BCUT2D eigenvalue weighted by atomic mass is 9.73. The molecule has 5 heteroatoms. The fraction of sp³-hybridized carbons (Fsp3) is 0.522. The number of nitrogens with zero attached hydrogens (tertiary/aromatic N) is 2. The van der Waals surface area contributed by atoms with E-state index in [4.69, 9.17) is 9.16 Å². The van der Waals surface area contributed by atoms with Gasteiger partial charge in [0.15, 0.2) is 8.32 Å². The molecule has 28 heavy (non-hydrogen) atoms. The van der Waals surface area contributed by atoms with Gasteiger partial charge in [0.1, 0.15) is 5.75 Å². The highest BCUT2D eigenvalue weighted by Gasteiger charge is 2.44. The Morgan fingerprint density at radius 1 is 1.29 bits per heavy atom. The topological polar surface area (TPSA) is 34.6 Å². The average Bonchev–Trinajstić information content (AvgIpc) is 2.70. The van der Waals surface area contributed by atoms with Gasteiger partial charge in [-0.2, -0.15) is 0 Å². The van der Waals surface area contributed by atoms with E-state index in [1.165, 1.54) is 18.4 Å². The molecule has 150 valence electrons. The molecule has 3 fully saturated rings. The second kappa shape index (κ2) is 7.62. The summed E-state index contributed by atoms with van der Waals surface area (Å²) >= 11 is 0. The summed E-state index contributed by atoms with van der Waals surface area (Å²) in [6.45, 7) is 13.2. The number of rotatable bonds is 6. The first-order valence-electron chi connectivity index (χ1n) is 10.4. The summed E-state index contributed by atoms with van der Waals surface area (Å²) < 4.78 is 12.4. The van der Waals surface area contributed by atoms with Crippen molar-refractivity contribution in [1.82, 2.24) is 9.88 Å². The normalized spacial score (nSPS) is 28.3. The Labute approximate surface area is 169 Å². The van der Waals surface area contributed by atoms with Crippen LogP contribution in [0, 0.1) is 11.8 Å². The summed E-state index contributed by atoms with van der Waals surface area (Å²) in [5.41, 5.74) is 2.25. The molecule has 1 aromatic carbocycles. The minimum Gasteiger partial charge on any atom is -0.497 e. The highest BCUT2D eigenvalue weighted by Crippen LogP contribution is 2.44. The van der Waals surface area contributed by atoms with E-state index in [1.54, 1.807) is 7.11 Å². The van der Waals surface area contributed by atoms with Crippen molar-refractivity contribution < 1.29 is 9.16 Å². The van der Waals surface area contributed by atoms with Crippen molar-refractivity contribution in [2.24, 2.45) is 11.8 Å². The van der Waals surface area contributed by atoms with E-state index in [2.05, 4.69) is 54.3 Å². The number of pyridine rings is 1. The van der Waals surface area contributed by atoms with E-state index in [1.807, 2.05) is 18.3 Å². The second-order valence-corrected chi connectivity index (χ2v) is 13.6. The van der Waals surface area contributed by atoms with Gasteiger partial charge in [0.05, 0.1) is 18.7 Å². The van der Waals surface area contributed by atoms with Gasteiger partial charge in [0.2, 0.25) is 0 Å². The van der Waals surface area contributed by atoms with E-state index in [9.17, 15) is 0 Å². The Bertz CT molecular complexity index is 863. The molecule has 0 N–H and O–H groups in total. The zero-order valence-electron chi connectivity index (χ0n) is 17.5. The Kier molecular flexibility index (Phi) is 5.34.